The smallest absolute Gasteiger partial charge is 0.327 e. The Morgan fingerprint density at radius 3 is 1.94 bits per heavy atom. The van der Waals surface area contributed by atoms with Gasteiger partial charge < -0.3 is 15.5 Å². The SMILES string of the molecule is CC(C)=CCC/C(C)=C/CC/C(C)=C/CSC(C)(C)C(NC(=O)CCC(=O)O)C(=O)O. The molecule has 7 heteroatoms. The summed E-state index contributed by atoms with van der Waals surface area (Å²) in [5.41, 5.74) is 3.98. The summed E-state index contributed by atoms with van der Waals surface area (Å²) in [7, 11) is 0. The molecular formula is C24H39NO5S. The average Bonchev–Trinajstić information content (AvgIpc) is 2.63. The highest BCUT2D eigenvalue weighted by molar-refractivity contribution is 8.00. The summed E-state index contributed by atoms with van der Waals surface area (Å²) in [6.45, 7) is 12.0. The Labute approximate surface area is 191 Å². The standard InChI is InChI=1S/C24H39NO5S/c1-17(2)9-7-10-18(3)11-8-12-19(4)15-16-31-24(5,6)22(23(29)30)25-20(26)13-14-21(27)28/h9,11,15,22H,7-8,10,12-14,16H2,1-6H3,(H,25,26)(H,27,28)(H,29,30)/b18-11+,19-15+. The summed E-state index contributed by atoms with van der Waals surface area (Å²) in [5, 5.41) is 20.7. The van der Waals surface area contributed by atoms with Gasteiger partial charge >= 0.3 is 11.9 Å². The van der Waals surface area contributed by atoms with Crippen LogP contribution in [0.15, 0.2) is 34.9 Å². The van der Waals surface area contributed by atoms with Crippen LogP contribution in [0.3, 0.4) is 0 Å². The highest BCUT2D eigenvalue weighted by Gasteiger charge is 2.36. The van der Waals surface area contributed by atoms with Gasteiger partial charge in [0.1, 0.15) is 6.04 Å². The minimum absolute atomic E-state index is 0.236. The molecule has 0 rings (SSSR count). The molecule has 0 aromatic heterocycles. The molecule has 1 atom stereocenters. The Morgan fingerprint density at radius 1 is 0.871 bits per heavy atom. The van der Waals surface area contributed by atoms with Crippen molar-refractivity contribution < 1.29 is 24.6 Å². The molecule has 0 aliphatic heterocycles. The van der Waals surface area contributed by atoms with Crippen molar-refractivity contribution in [1.29, 1.82) is 0 Å². The van der Waals surface area contributed by atoms with Gasteiger partial charge in [0.2, 0.25) is 5.91 Å². The third-order valence-electron chi connectivity index (χ3n) is 4.82. The lowest BCUT2D eigenvalue weighted by atomic mass is 10.0. The van der Waals surface area contributed by atoms with Gasteiger partial charge in [0.05, 0.1) is 6.42 Å². The summed E-state index contributed by atoms with van der Waals surface area (Å²) in [5.74, 6) is -2.15. The summed E-state index contributed by atoms with van der Waals surface area (Å²) in [6, 6.07) is -1.10. The number of carboxylic acid groups (broad SMARTS) is 2. The number of rotatable bonds is 15. The second kappa shape index (κ2) is 14.9. The molecular weight excluding hydrogens is 414 g/mol. The maximum atomic E-state index is 11.9. The maximum absolute atomic E-state index is 11.9. The van der Waals surface area contributed by atoms with Crippen molar-refractivity contribution in [3.63, 3.8) is 0 Å². The molecule has 3 N–H and O–H groups in total. The molecule has 0 aromatic rings. The predicted octanol–water partition coefficient (Wildman–Crippen LogP) is 5.35. The monoisotopic (exact) mass is 453 g/mol. The minimum Gasteiger partial charge on any atom is -0.481 e. The average molecular weight is 454 g/mol. The first kappa shape index (κ1) is 29.0. The van der Waals surface area contributed by atoms with Crippen LogP contribution in [-0.2, 0) is 14.4 Å². The van der Waals surface area contributed by atoms with Gasteiger partial charge in [-0.15, -0.1) is 11.8 Å². The van der Waals surface area contributed by atoms with Crippen LogP contribution in [0.1, 0.15) is 80.1 Å². The van der Waals surface area contributed by atoms with E-state index in [2.05, 4.69) is 51.2 Å². The van der Waals surface area contributed by atoms with E-state index in [0.717, 1.165) is 25.7 Å². The number of amides is 1. The fraction of sp³-hybridized carbons (Fsp3) is 0.625. The third-order valence-corrected chi connectivity index (χ3v) is 6.14. The van der Waals surface area contributed by atoms with Crippen molar-refractivity contribution in [3.8, 4) is 0 Å². The van der Waals surface area contributed by atoms with Crippen LogP contribution in [0.2, 0.25) is 0 Å². The van der Waals surface area contributed by atoms with Crippen molar-refractivity contribution >= 4 is 29.6 Å². The van der Waals surface area contributed by atoms with Gasteiger partial charge in [-0.3, -0.25) is 9.59 Å². The fourth-order valence-electron chi connectivity index (χ4n) is 2.81. The Hall–Kier alpha value is -2.02. The minimum atomic E-state index is -1.13. The van der Waals surface area contributed by atoms with Crippen LogP contribution in [0, 0.1) is 0 Å². The zero-order valence-electron chi connectivity index (χ0n) is 19.8. The van der Waals surface area contributed by atoms with E-state index in [9.17, 15) is 19.5 Å². The summed E-state index contributed by atoms with van der Waals surface area (Å²) >= 11 is 1.45. The van der Waals surface area contributed by atoms with Crippen molar-refractivity contribution in [1.82, 2.24) is 5.32 Å². The van der Waals surface area contributed by atoms with Gasteiger partial charge in [0.15, 0.2) is 0 Å². The first-order valence-electron chi connectivity index (χ1n) is 10.7. The highest BCUT2D eigenvalue weighted by Crippen LogP contribution is 2.29. The molecule has 0 saturated heterocycles. The molecule has 0 heterocycles. The quantitative estimate of drug-likeness (QED) is 0.289. The van der Waals surface area contributed by atoms with Gasteiger partial charge in [0.25, 0.3) is 0 Å². The second-order valence-electron chi connectivity index (χ2n) is 8.61. The first-order valence-corrected chi connectivity index (χ1v) is 11.7. The van der Waals surface area contributed by atoms with Crippen molar-refractivity contribution in [3.05, 3.63) is 34.9 Å². The van der Waals surface area contributed by atoms with E-state index >= 15 is 0 Å². The molecule has 31 heavy (non-hydrogen) atoms. The highest BCUT2D eigenvalue weighted by atomic mass is 32.2. The Bertz CT molecular complexity index is 703. The van der Waals surface area contributed by atoms with Crippen molar-refractivity contribution in [2.75, 3.05) is 5.75 Å². The van der Waals surface area contributed by atoms with Gasteiger partial charge in [0, 0.05) is 16.9 Å². The third kappa shape index (κ3) is 14.6. The molecule has 0 aliphatic rings. The van der Waals surface area contributed by atoms with Crippen molar-refractivity contribution in [2.45, 2.75) is 90.9 Å². The van der Waals surface area contributed by atoms with E-state index < -0.39 is 28.6 Å². The maximum Gasteiger partial charge on any atom is 0.327 e. The molecule has 0 aliphatic carbocycles. The molecule has 0 fully saturated rings. The summed E-state index contributed by atoms with van der Waals surface area (Å²) < 4.78 is -0.747. The fourth-order valence-corrected chi connectivity index (χ4v) is 3.93. The number of carbonyl (C=O) groups excluding carboxylic acids is 1. The predicted molar refractivity (Wildman–Crippen MR) is 128 cm³/mol. The van der Waals surface area contributed by atoms with E-state index in [1.165, 1.54) is 28.5 Å². The molecule has 0 bridgehead atoms. The van der Waals surface area contributed by atoms with Crippen LogP contribution in [0.4, 0.5) is 0 Å². The molecule has 0 saturated carbocycles. The molecule has 0 spiro atoms. The second-order valence-corrected chi connectivity index (χ2v) is 10.3. The zero-order valence-corrected chi connectivity index (χ0v) is 20.6. The number of hydrogen-bond donors (Lipinski definition) is 3. The molecule has 0 aromatic carbocycles. The molecule has 176 valence electrons. The summed E-state index contributed by atoms with van der Waals surface area (Å²) in [6.07, 6.45) is 10.2. The topological polar surface area (TPSA) is 104 Å². The molecule has 6 nitrogen and oxygen atoms in total. The van der Waals surface area contributed by atoms with E-state index in [-0.39, 0.29) is 12.8 Å². The lowest BCUT2D eigenvalue weighted by Crippen LogP contribution is -2.52. The number of hydrogen-bond acceptors (Lipinski definition) is 4. The molecule has 1 amide bonds. The van der Waals surface area contributed by atoms with E-state index in [1.54, 1.807) is 13.8 Å². The molecule has 0 radical (unpaired) electrons. The Kier molecular flexibility index (Phi) is 13.9. The van der Waals surface area contributed by atoms with E-state index in [0.29, 0.717) is 5.75 Å². The Balaban J connectivity index is 4.62. The van der Waals surface area contributed by atoms with Crippen LogP contribution < -0.4 is 5.32 Å². The Morgan fingerprint density at radius 2 is 1.42 bits per heavy atom. The van der Waals surface area contributed by atoms with Crippen LogP contribution in [0.5, 0.6) is 0 Å². The normalized spacial score (nSPS) is 13.5. The lowest BCUT2D eigenvalue weighted by Gasteiger charge is -2.31. The van der Waals surface area contributed by atoms with Gasteiger partial charge in [-0.2, -0.15) is 0 Å². The van der Waals surface area contributed by atoms with Gasteiger partial charge in [-0.05, 0) is 67.2 Å². The van der Waals surface area contributed by atoms with Gasteiger partial charge in [-0.1, -0.05) is 34.9 Å². The number of aliphatic carboxylic acids is 2. The number of allylic oxidation sites excluding steroid dienone is 5. The van der Waals surface area contributed by atoms with Gasteiger partial charge in [-0.25, -0.2) is 4.79 Å². The largest absolute Gasteiger partial charge is 0.481 e. The molecule has 1 unspecified atom stereocenters. The van der Waals surface area contributed by atoms with Crippen molar-refractivity contribution in [2.24, 2.45) is 0 Å². The zero-order chi connectivity index (χ0) is 24.0. The summed E-state index contributed by atoms with van der Waals surface area (Å²) in [4.78, 5) is 34.2. The van der Waals surface area contributed by atoms with Crippen LogP contribution >= 0.6 is 11.8 Å². The number of carboxylic acids is 2. The first-order chi connectivity index (χ1) is 14.3. The van der Waals surface area contributed by atoms with Crippen LogP contribution in [0.25, 0.3) is 0 Å². The van der Waals surface area contributed by atoms with E-state index in [1.807, 2.05) is 0 Å². The number of carbonyl (C=O) groups is 3. The number of thioether (sulfide) groups is 1. The van der Waals surface area contributed by atoms with E-state index in [4.69, 9.17) is 5.11 Å². The number of nitrogens with one attached hydrogen (secondary N) is 1. The lowest BCUT2D eigenvalue weighted by molar-refractivity contribution is -0.142. The van der Waals surface area contributed by atoms with Crippen LogP contribution in [-0.4, -0.2) is 44.6 Å².